The van der Waals surface area contributed by atoms with Crippen LogP contribution in [-0.4, -0.2) is 38.8 Å². The Hall–Kier alpha value is -1.43. The molecule has 0 aromatic carbocycles. The molecule has 94 valence electrons. The maximum Gasteiger partial charge on any atom is 0.320 e. The number of hydrogen-bond acceptors (Lipinski definition) is 5. The number of aromatic nitrogens is 2. The lowest BCUT2D eigenvalue weighted by Crippen LogP contribution is -2.40. The van der Waals surface area contributed by atoms with E-state index in [0.29, 0.717) is 24.7 Å². The van der Waals surface area contributed by atoms with Gasteiger partial charge in [0, 0.05) is 6.92 Å². The zero-order valence-electron chi connectivity index (χ0n) is 9.93. The Labute approximate surface area is 99.6 Å². The van der Waals surface area contributed by atoms with Crippen molar-refractivity contribution >= 4 is 5.97 Å². The lowest BCUT2D eigenvalue weighted by molar-refractivity contribution is -0.143. The number of carboxylic acid groups (broad SMARTS) is 1. The monoisotopic (exact) mass is 239 g/mol. The number of aryl methyl sites for hydroxylation is 1. The zero-order valence-corrected chi connectivity index (χ0v) is 9.93. The van der Waals surface area contributed by atoms with Crippen LogP contribution in [0.2, 0.25) is 0 Å². The number of nitrogens with zero attached hydrogens (tertiary/aromatic N) is 3. The third-order valence-electron chi connectivity index (χ3n) is 3.05. The number of hydrogen-bond donors (Lipinski definition) is 1. The van der Waals surface area contributed by atoms with Crippen LogP contribution in [0, 0.1) is 6.92 Å². The van der Waals surface area contributed by atoms with Gasteiger partial charge in [-0.2, -0.15) is 0 Å². The van der Waals surface area contributed by atoms with E-state index in [-0.39, 0.29) is 0 Å². The molecule has 0 saturated carbocycles. The average Bonchev–Trinajstić information content (AvgIpc) is 2.55. The Bertz CT molecular complexity index is 391. The quantitative estimate of drug-likeness (QED) is 0.854. The Morgan fingerprint density at radius 1 is 1.47 bits per heavy atom. The van der Waals surface area contributed by atoms with Crippen molar-refractivity contribution < 1.29 is 14.3 Å². The molecule has 1 aromatic heterocycles. The molecule has 0 amide bonds. The van der Waals surface area contributed by atoms with Crippen LogP contribution < -0.4 is 0 Å². The van der Waals surface area contributed by atoms with Crippen molar-refractivity contribution in [2.45, 2.75) is 45.2 Å². The molecule has 0 spiro atoms. The van der Waals surface area contributed by atoms with Gasteiger partial charge in [-0.1, -0.05) is 12.8 Å². The molecule has 1 saturated heterocycles. The molecule has 0 bridgehead atoms. The van der Waals surface area contributed by atoms with E-state index in [1.807, 2.05) is 4.90 Å². The molecule has 0 radical (unpaired) electrons. The van der Waals surface area contributed by atoms with Crippen molar-refractivity contribution in [3.05, 3.63) is 11.8 Å². The van der Waals surface area contributed by atoms with E-state index >= 15 is 0 Å². The van der Waals surface area contributed by atoms with Crippen LogP contribution >= 0.6 is 0 Å². The van der Waals surface area contributed by atoms with Gasteiger partial charge in [-0.3, -0.25) is 9.69 Å². The summed E-state index contributed by atoms with van der Waals surface area (Å²) in [6.45, 7) is 2.93. The van der Waals surface area contributed by atoms with E-state index in [1.54, 1.807) is 6.92 Å². The second kappa shape index (κ2) is 5.27. The highest BCUT2D eigenvalue weighted by Gasteiger charge is 2.28. The summed E-state index contributed by atoms with van der Waals surface area (Å²) in [5.41, 5.74) is 0. The van der Waals surface area contributed by atoms with Crippen LogP contribution in [0.1, 0.15) is 37.5 Å². The number of carboxylic acids is 1. The van der Waals surface area contributed by atoms with Crippen LogP contribution in [-0.2, 0) is 11.3 Å². The van der Waals surface area contributed by atoms with Gasteiger partial charge in [-0.25, -0.2) is 0 Å². The third kappa shape index (κ3) is 3.03. The predicted octanol–water partition coefficient (Wildman–Crippen LogP) is 1.21. The maximum absolute atomic E-state index is 11.2. The first-order valence-electron chi connectivity index (χ1n) is 5.92. The fraction of sp³-hybridized carbons (Fsp3) is 0.727. The van der Waals surface area contributed by atoms with Crippen molar-refractivity contribution in [2.24, 2.45) is 0 Å². The van der Waals surface area contributed by atoms with Gasteiger partial charge < -0.3 is 9.52 Å². The first-order valence-corrected chi connectivity index (χ1v) is 5.92. The van der Waals surface area contributed by atoms with E-state index in [4.69, 9.17) is 4.42 Å². The summed E-state index contributed by atoms with van der Waals surface area (Å²) < 4.78 is 5.30. The van der Waals surface area contributed by atoms with Crippen molar-refractivity contribution in [3.8, 4) is 0 Å². The van der Waals surface area contributed by atoms with Gasteiger partial charge >= 0.3 is 5.97 Å². The fourth-order valence-electron chi connectivity index (χ4n) is 2.21. The summed E-state index contributed by atoms with van der Waals surface area (Å²) >= 11 is 0. The molecular formula is C11H17N3O3. The average molecular weight is 239 g/mol. The van der Waals surface area contributed by atoms with Gasteiger partial charge in [0.15, 0.2) is 0 Å². The first-order chi connectivity index (χ1) is 8.16. The molecular weight excluding hydrogens is 222 g/mol. The minimum absolute atomic E-state index is 0.426. The molecule has 1 N–H and O–H groups in total. The summed E-state index contributed by atoms with van der Waals surface area (Å²) in [6, 6.07) is -0.426. The molecule has 1 atom stereocenters. The van der Waals surface area contributed by atoms with Gasteiger partial charge in [0.2, 0.25) is 11.8 Å². The molecule has 1 fully saturated rings. The van der Waals surface area contributed by atoms with Crippen molar-refractivity contribution in [2.75, 3.05) is 6.54 Å². The number of aliphatic carboxylic acids is 1. The van der Waals surface area contributed by atoms with Crippen LogP contribution in [0.25, 0.3) is 0 Å². The highest BCUT2D eigenvalue weighted by atomic mass is 16.4. The first kappa shape index (κ1) is 12.0. The molecule has 1 aliphatic heterocycles. The summed E-state index contributed by atoms with van der Waals surface area (Å²) in [4.78, 5) is 13.1. The third-order valence-corrected chi connectivity index (χ3v) is 3.05. The molecule has 1 aliphatic rings. The number of rotatable bonds is 3. The highest BCUT2D eigenvalue weighted by molar-refractivity contribution is 5.73. The molecule has 2 heterocycles. The van der Waals surface area contributed by atoms with Crippen molar-refractivity contribution in [1.82, 2.24) is 15.1 Å². The summed E-state index contributed by atoms with van der Waals surface area (Å²) in [5, 5.41) is 16.9. The lowest BCUT2D eigenvalue weighted by atomic mass is 10.1. The Morgan fingerprint density at radius 3 is 2.94 bits per heavy atom. The summed E-state index contributed by atoms with van der Waals surface area (Å²) in [6.07, 6.45) is 3.78. The molecule has 1 aromatic rings. The number of likely N-dealkylation sites (tertiary alicyclic amines) is 1. The topological polar surface area (TPSA) is 79.5 Å². The highest BCUT2D eigenvalue weighted by Crippen LogP contribution is 2.19. The minimum Gasteiger partial charge on any atom is -0.480 e. The smallest absolute Gasteiger partial charge is 0.320 e. The molecule has 0 aliphatic carbocycles. The number of carbonyl (C=O) groups is 1. The Morgan fingerprint density at radius 2 is 2.29 bits per heavy atom. The van der Waals surface area contributed by atoms with Crippen molar-refractivity contribution in [1.29, 1.82) is 0 Å². The van der Waals surface area contributed by atoms with E-state index in [1.165, 1.54) is 0 Å². The van der Waals surface area contributed by atoms with Gasteiger partial charge in [0.1, 0.15) is 6.04 Å². The van der Waals surface area contributed by atoms with E-state index in [2.05, 4.69) is 10.2 Å². The molecule has 2 rings (SSSR count). The van der Waals surface area contributed by atoms with Crippen LogP contribution in [0.15, 0.2) is 4.42 Å². The Kier molecular flexibility index (Phi) is 3.73. The predicted molar refractivity (Wildman–Crippen MR) is 59.3 cm³/mol. The van der Waals surface area contributed by atoms with Crippen LogP contribution in [0.3, 0.4) is 0 Å². The second-order valence-corrected chi connectivity index (χ2v) is 4.39. The Balaban J connectivity index is 2.07. The second-order valence-electron chi connectivity index (χ2n) is 4.39. The van der Waals surface area contributed by atoms with Gasteiger partial charge in [0.05, 0.1) is 6.54 Å². The zero-order chi connectivity index (χ0) is 12.3. The lowest BCUT2D eigenvalue weighted by Gasteiger charge is -2.24. The standard InChI is InChI=1S/C11H17N3O3/c1-8-12-13-10(17-8)7-14-6-4-2-3-5-9(14)11(15)16/h9H,2-7H2,1H3,(H,15,16). The minimum atomic E-state index is -0.761. The van der Waals surface area contributed by atoms with E-state index < -0.39 is 12.0 Å². The SMILES string of the molecule is Cc1nnc(CN2CCCCCC2C(=O)O)o1. The van der Waals surface area contributed by atoms with Crippen molar-refractivity contribution in [3.63, 3.8) is 0 Å². The van der Waals surface area contributed by atoms with E-state index in [0.717, 1.165) is 25.8 Å². The van der Waals surface area contributed by atoms with Gasteiger partial charge in [0.25, 0.3) is 0 Å². The van der Waals surface area contributed by atoms with Gasteiger partial charge in [-0.15, -0.1) is 10.2 Å². The largest absolute Gasteiger partial charge is 0.480 e. The molecule has 6 heteroatoms. The molecule has 17 heavy (non-hydrogen) atoms. The maximum atomic E-state index is 11.2. The molecule has 1 unspecified atom stereocenters. The fourth-order valence-corrected chi connectivity index (χ4v) is 2.21. The molecule has 6 nitrogen and oxygen atoms in total. The van der Waals surface area contributed by atoms with Gasteiger partial charge in [-0.05, 0) is 19.4 Å². The normalized spacial score (nSPS) is 22.3. The van der Waals surface area contributed by atoms with E-state index in [9.17, 15) is 9.90 Å². The summed E-state index contributed by atoms with van der Waals surface area (Å²) in [5.74, 6) is 0.250. The summed E-state index contributed by atoms with van der Waals surface area (Å²) in [7, 11) is 0. The van der Waals surface area contributed by atoms with Crippen LogP contribution in [0.5, 0.6) is 0 Å². The van der Waals surface area contributed by atoms with Crippen LogP contribution in [0.4, 0.5) is 0 Å².